The summed E-state index contributed by atoms with van der Waals surface area (Å²) in [6.07, 6.45) is 2.57. The van der Waals surface area contributed by atoms with Gasteiger partial charge in [0.05, 0.1) is 11.0 Å². The minimum atomic E-state index is -0.540. The maximum Gasteiger partial charge on any atom is 0.272 e. The topological polar surface area (TPSA) is 98.3 Å². The lowest BCUT2D eigenvalue weighted by Gasteiger charge is -2.12. The lowest BCUT2D eigenvalue weighted by Crippen LogP contribution is -2.40. The Balaban J connectivity index is 2.64. The molecule has 1 amide bonds. The van der Waals surface area contributed by atoms with Crippen molar-refractivity contribution in [1.82, 2.24) is 5.32 Å². The van der Waals surface area contributed by atoms with E-state index in [1.807, 2.05) is 6.26 Å². The minimum Gasteiger partial charge on any atom is -0.351 e. The summed E-state index contributed by atoms with van der Waals surface area (Å²) in [7, 11) is 0. The first kappa shape index (κ1) is 16.5. The molecular formula is C13H19N3O3S. The average Bonchev–Trinajstić information content (AvgIpc) is 2.42. The molecule has 0 bridgehead atoms. The SMILES string of the molecule is CSCC[C@H](N)C(=O)NCc1cccc([N+](=O)[O-])c1C. The van der Waals surface area contributed by atoms with E-state index >= 15 is 0 Å². The number of amides is 1. The molecule has 0 saturated carbocycles. The predicted molar refractivity (Wildman–Crippen MR) is 80.7 cm³/mol. The number of nitrogens with two attached hydrogens (primary N) is 1. The number of nitrogens with zero attached hydrogens (tertiary/aromatic N) is 1. The summed E-state index contributed by atoms with van der Waals surface area (Å²) in [5.74, 6) is 0.592. The van der Waals surface area contributed by atoms with Crippen LogP contribution in [-0.2, 0) is 11.3 Å². The fourth-order valence-corrected chi connectivity index (χ4v) is 2.24. The third-order valence-electron chi connectivity index (χ3n) is 3.04. The van der Waals surface area contributed by atoms with Gasteiger partial charge in [-0.3, -0.25) is 14.9 Å². The third kappa shape index (κ3) is 4.50. The highest BCUT2D eigenvalue weighted by atomic mass is 32.2. The lowest BCUT2D eigenvalue weighted by atomic mass is 10.1. The lowest BCUT2D eigenvalue weighted by molar-refractivity contribution is -0.385. The number of carbonyl (C=O) groups is 1. The predicted octanol–water partition coefficient (Wildman–Crippen LogP) is 1.60. The number of thioether (sulfide) groups is 1. The normalized spacial score (nSPS) is 11.9. The molecule has 1 aromatic rings. The number of hydrogen-bond donors (Lipinski definition) is 2. The number of benzene rings is 1. The highest BCUT2D eigenvalue weighted by molar-refractivity contribution is 7.98. The van der Waals surface area contributed by atoms with Gasteiger partial charge >= 0.3 is 0 Å². The largest absolute Gasteiger partial charge is 0.351 e. The maximum absolute atomic E-state index is 11.8. The number of nitro groups is 1. The molecule has 0 saturated heterocycles. The van der Waals surface area contributed by atoms with Gasteiger partial charge in [-0.1, -0.05) is 12.1 Å². The van der Waals surface area contributed by atoms with Crippen LogP contribution in [0.25, 0.3) is 0 Å². The van der Waals surface area contributed by atoms with Crippen molar-refractivity contribution >= 4 is 23.4 Å². The van der Waals surface area contributed by atoms with Crippen molar-refractivity contribution in [2.45, 2.75) is 25.9 Å². The molecule has 0 aliphatic heterocycles. The van der Waals surface area contributed by atoms with Crippen molar-refractivity contribution in [3.8, 4) is 0 Å². The summed E-state index contributed by atoms with van der Waals surface area (Å²) in [6.45, 7) is 1.92. The Morgan fingerprint density at radius 3 is 2.85 bits per heavy atom. The van der Waals surface area contributed by atoms with E-state index < -0.39 is 11.0 Å². The van der Waals surface area contributed by atoms with Gasteiger partial charge in [-0.25, -0.2) is 0 Å². The fourth-order valence-electron chi connectivity index (χ4n) is 1.75. The second-order valence-corrected chi connectivity index (χ2v) is 5.41. The first-order valence-electron chi connectivity index (χ1n) is 6.22. The average molecular weight is 297 g/mol. The third-order valence-corrected chi connectivity index (χ3v) is 3.68. The number of carbonyl (C=O) groups excluding carboxylic acids is 1. The summed E-state index contributed by atoms with van der Waals surface area (Å²) in [5, 5.41) is 13.6. The highest BCUT2D eigenvalue weighted by Crippen LogP contribution is 2.20. The van der Waals surface area contributed by atoms with Crippen LogP contribution in [0.4, 0.5) is 5.69 Å². The van der Waals surface area contributed by atoms with Crippen LogP contribution in [0.15, 0.2) is 18.2 Å². The first-order chi connectivity index (χ1) is 9.47. The van der Waals surface area contributed by atoms with E-state index in [1.54, 1.807) is 30.8 Å². The molecule has 20 heavy (non-hydrogen) atoms. The van der Waals surface area contributed by atoms with Gasteiger partial charge in [0.25, 0.3) is 5.69 Å². The smallest absolute Gasteiger partial charge is 0.272 e. The Kier molecular flexibility index (Phi) is 6.47. The molecule has 1 rings (SSSR count). The second-order valence-electron chi connectivity index (χ2n) is 4.42. The number of rotatable bonds is 7. The van der Waals surface area contributed by atoms with Gasteiger partial charge < -0.3 is 11.1 Å². The molecule has 1 atom stereocenters. The van der Waals surface area contributed by atoms with Crippen LogP contribution in [0.5, 0.6) is 0 Å². The van der Waals surface area contributed by atoms with E-state index in [-0.39, 0.29) is 18.1 Å². The molecule has 0 radical (unpaired) electrons. The van der Waals surface area contributed by atoms with Crippen LogP contribution in [0.1, 0.15) is 17.5 Å². The van der Waals surface area contributed by atoms with Gasteiger partial charge in [0.1, 0.15) is 0 Å². The van der Waals surface area contributed by atoms with Crippen LogP contribution in [-0.4, -0.2) is 28.9 Å². The summed E-state index contributed by atoms with van der Waals surface area (Å²) in [5.41, 5.74) is 7.10. The minimum absolute atomic E-state index is 0.0587. The zero-order valence-electron chi connectivity index (χ0n) is 11.6. The Hall–Kier alpha value is -1.60. The quantitative estimate of drug-likeness (QED) is 0.588. The Morgan fingerprint density at radius 2 is 2.25 bits per heavy atom. The monoisotopic (exact) mass is 297 g/mol. The van der Waals surface area contributed by atoms with E-state index in [0.717, 1.165) is 11.3 Å². The van der Waals surface area contributed by atoms with E-state index in [4.69, 9.17) is 5.73 Å². The molecule has 3 N–H and O–H groups in total. The van der Waals surface area contributed by atoms with Crippen LogP contribution in [0.2, 0.25) is 0 Å². The molecule has 6 nitrogen and oxygen atoms in total. The van der Waals surface area contributed by atoms with Crippen molar-refractivity contribution in [1.29, 1.82) is 0 Å². The Morgan fingerprint density at radius 1 is 1.55 bits per heavy atom. The van der Waals surface area contributed by atoms with Gasteiger partial charge in [0, 0.05) is 18.2 Å². The number of nitro benzene ring substituents is 1. The molecular weight excluding hydrogens is 278 g/mol. The molecule has 7 heteroatoms. The van der Waals surface area contributed by atoms with Crippen molar-refractivity contribution in [3.63, 3.8) is 0 Å². The van der Waals surface area contributed by atoms with Crippen LogP contribution in [0, 0.1) is 17.0 Å². The Labute approximate surface area is 122 Å². The molecule has 0 heterocycles. The zero-order valence-corrected chi connectivity index (χ0v) is 12.4. The summed E-state index contributed by atoms with van der Waals surface area (Å²) in [6, 6.07) is 4.28. The van der Waals surface area contributed by atoms with Crippen LogP contribution < -0.4 is 11.1 Å². The van der Waals surface area contributed by atoms with Crippen molar-refractivity contribution < 1.29 is 9.72 Å². The maximum atomic E-state index is 11.8. The van der Waals surface area contributed by atoms with Crippen molar-refractivity contribution in [3.05, 3.63) is 39.4 Å². The molecule has 0 fully saturated rings. The van der Waals surface area contributed by atoms with E-state index in [1.165, 1.54) is 6.07 Å². The summed E-state index contributed by atoms with van der Waals surface area (Å²) >= 11 is 1.63. The summed E-state index contributed by atoms with van der Waals surface area (Å²) in [4.78, 5) is 22.2. The Bertz CT molecular complexity index is 494. The fraction of sp³-hybridized carbons (Fsp3) is 0.462. The number of nitrogens with one attached hydrogen (secondary N) is 1. The van der Waals surface area contributed by atoms with E-state index in [0.29, 0.717) is 12.0 Å². The highest BCUT2D eigenvalue weighted by Gasteiger charge is 2.16. The molecule has 0 aliphatic carbocycles. The zero-order chi connectivity index (χ0) is 15.1. The number of hydrogen-bond acceptors (Lipinski definition) is 5. The van der Waals surface area contributed by atoms with Gasteiger partial charge in [-0.15, -0.1) is 0 Å². The molecule has 1 aromatic carbocycles. The van der Waals surface area contributed by atoms with Crippen molar-refractivity contribution in [2.24, 2.45) is 5.73 Å². The molecule has 0 spiro atoms. The molecule has 110 valence electrons. The van der Waals surface area contributed by atoms with Gasteiger partial charge in [0.2, 0.25) is 5.91 Å². The second kappa shape index (κ2) is 7.86. The van der Waals surface area contributed by atoms with E-state index in [9.17, 15) is 14.9 Å². The molecule has 0 aromatic heterocycles. The van der Waals surface area contributed by atoms with E-state index in [2.05, 4.69) is 5.32 Å². The summed E-state index contributed by atoms with van der Waals surface area (Å²) < 4.78 is 0. The van der Waals surface area contributed by atoms with Crippen LogP contribution >= 0.6 is 11.8 Å². The van der Waals surface area contributed by atoms with Crippen LogP contribution in [0.3, 0.4) is 0 Å². The van der Waals surface area contributed by atoms with Crippen molar-refractivity contribution in [2.75, 3.05) is 12.0 Å². The molecule has 0 unspecified atom stereocenters. The van der Waals surface area contributed by atoms with Gasteiger partial charge in [-0.05, 0) is 30.9 Å². The molecule has 0 aliphatic rings. The van der Waals surface area contributed by atoms with Gasteiger partial charge in [0.15, 0.2) is 0 Å². The first-order valence-corrected chi connectivity index (χ1v) is 7.62. The standard InChI is InChI=1S/C13H19N3O3S/c1-9-10(4-3-5-12(9)16(18)19)8-15-13(17)11(14)6-7-20-2/h3-5,11H,6-8,14H2,1-2H3,(H,15,17)/t11-/m0/s1. The van der Waals surface area contributed by atoms with Gasteiger partial charge in [-0.2, -0.15) is 11.8 Å².